The summed E-state index contributed by atoms with van der Waals surface area (Å²) in [6, 6.07) is 9.37. The summed E-state index contributed by atoms with van der Waals surface area (Å²) < 4.78 is 5.96. The monoisotopic (exact) mass is 383 g/mol. The molecule has 2 aliphatic heterocycles. The number of ether oxygens (including phenoxy) is 1. The molecule has 1 unspecified atom stereocenters. The van der Waals surface area contributed by atoms with Crippen molar-refractivity contribution in [2.24, 2.45) is 9.98 Å². The molecule has 4 rings (SSSR count). The number of nitrogens with two attached hydrogens (primary N) is 1. The Bertz CT molecular complexity index is 965. The number of amides is 1. The van der Waals surface area contributed by atoms with Crippen molar-refractivity contribution in [1.29, 1.82) is 0 Å². The number of thiophene rings is 1. The first kappa shape index (κ1) is 17.7. The number of nitrogen functional groups attached to an aromatic ring is 1. The number of rotatable bonds is 2. The van der Waals surface area contributed by atoms with E-state index >= 15 is 0 Å². The van der Waals surface area contributed by atoms with Crippen LogP contribution in [0.2, 0.25) is 0 Å². The molecular formula is C19H21N5O2S. The maximum Gasteiger partial charge on any atom is 0.263 e. The van der Waals surface area contributed by atoms with Gasteiger partial charge < -0.3 is 20.7 Å². The molecule has 3 heterocycles. The van der Waals surface area contributed by atoms with Gasteiger partial charge in [-0.15, -0.1) is 11.3 Å². The van der Waals surface area contributed by atoms with Gasteiger partial charge in [0.1, 0.15) is 11.6 Å². The zero-order valence-corrected chi connectivity index (χ0v) is 16.2. The number of guanidine groups is 1. The molecule has 0 spiro atoms. The van der Waals surface area contributed by atoms with Crippen LogP contribution in [0.25, 0.3) is 0 Å². The van der Waals surface area contributed by atoms with Gasteiger partial charge in [-0.1, -0.05) is 6.07 Å². The first-order valence-corrected chi connectivity index (χ1v) is 9.41. The number of carbonyl (C=O) groups excluding carboxylic acids is 1. The average molecular weight is 383 g/mol. The summed E-state index contributed by atoms with van der Waals surface area (Å²) in [5.74, 6) is 0.476. The summed E-state index contributed by atoms with van der Waals surface area (Å²) in [6.45, 7) is 2.47. The van der Waals surface area contributed by atoms with Crippen LogP contribution in [0.15, 0.2) is 40.3 Å². The molecule has 2 aromatic rings. The number of nitrogens with one attached hydrogen (secondary N) is 1. The molecule has 2 aliphatic rings. The van der Waals surface area contributed by atoms with Crippen molar-refractivity contribution in [3.05, 3.63) is 45.6 Å². The van der Waals surface area contributed by atoms with Crippen LogP contribution in [0.4, 0.5) is 11.4 Å². The Labute approximate surface area is 161 Å². The minimum atomic E-state index is -0.640. The Balaban J connectivity index is 1.69. The van der Waals surface area contributed by atoms with E-state index in [1.165, 1.54) is 11.3 Å². The van der Waals surface area contributed by atoms with Gasteiger partial charge in [-0.2, -0.15) is 0 Å². The second kappa shape index (κ2) is 6.47. The van der Waals surface area contributed by atoms with Crippen LogP contribution in [-0.2, 0) is 16.9 Å². The molecule has 0 saturated heterocycles. The van der Waals surface area contributed by atoms with E-state index in [0.717, 1.165) is 16.1 Å². The summed E-state index contributed by atoms with van der Waals surface area (Å²) in [5.41, 5.74) is 7.71. The fourth-order valence-corrected chi connectivity index (χ4v) is 4.49. The molecule has 0 aliphatic carbocycles. The highest BCUT2D eigenvalue weighted by atomic mass is 32.1. The summed E-state index contributed by atoms with van der Waals surface area (Å²) >= 11 is 1.47. The fourth-order valence-electron chi connectivity index (χ4n) is 3.28. The smallest absolute Gasteiger partial charge is 0.263 e. The van der Waals surface area contributed by atoms with E-state index in [4.69, 9.17) is 15.5 Å². The van der Waals surface area contributed by atoms with E-state index in [0.29, 0.717) is 23.1 Å². The molecule has 3 N–H and O–H groups in total. The highest BCUT2D eigenvalue weighted by molar-refractivity contribution is 7.14. The zero-order chi connectivity index (χ0) is 19.2. The van der Waals surface area contributed by atoms with Gasteiger partial charge >= 0.3 is 0 Å². The number of hydrogen-bond donors (Lipinski definition) is 2. The number of carbonyl (C=O) groups is 1. The lowest BCUT2D eigenvalue weighted by atomic mass is 9.85. The molecule has 140 valence electrons. The third-order valence-electron chi connectivity index (χ3n) is 4.73. The van der Waals surface area contributed by atoms with Gasteiger partial charge in [0.2, 0.25) is 5.96 Å². The maximum atomic E-state index is 12.4. The van der Waals surface area contributed by atoms with E-state index in [2.05, 4.69) is 10.3 Å². The Hall–Kier alpha value is -2.71. The molecule has 1 amide bonds. The van der Waals surface area contributed by atoms with Crippen molar-refractivity contribution in [2.75, 3.05) is 25.1 Å². The standard InChI is InChI=1S/C19H21N5O2S/c1-19-13-8-14(17(25)24(2)3)27-15(13)10-26-16(19)9-21-18(23-19)22-12-6-4-5-11(20)7-12/h4-9,16H,10,20H2,1-3H3,(H,22,23)/t16?,19-/m0/s1. The number of benzene rings is 1. The molecule has 1 aromatic heterocycles. The highest BCUT2D eigenvalue weighted by Crippen LogP contribution is 2.43. The van der Waals surface area contributed by atoms with E-state index in [1.807, 2.05) is 37.3 Å². The van der Waals surface area contributed by atoms with E-state index in [-0.39, 0.29) is 12.0 Å². The number of aliphatic imine (C=N–C) groups is 2. The third kappa shape index (κ3) is 3.11. The fraction of sp³-hybridized carbons (Fsp3) is 0.316. The first-order valence-electron chi connectivity index (χ1n) is 8.60. The van der Waals surface area contributed by atoms with Crippen molar-refractivity contribution < 1.29 is 9.53 Å². The summed E-state index contributed by atoms with van der Waals surface area (Å²) in [5, 5.41) is 3.20. The van der Waals surface area contributed by atoms with Gasteiger partial charge in [-0.05, 0) is 36.8 Å². The number of anilines is 2. The number of fused-ring (bicyclic) bond motifs is 3. The van der Waals surface area contributed by atoms with E-state index < -0.39 is 5.54 Å². The molecule has 27 heavy (non-hydrogen) atoms. The van der Waals surface area contributed by atoms with Gasteiger partial charge in [0, 0.05) is 36.6 Å². The molecule has 1 aromatic carbocycles. The van der Waals surface area contributed by atoms with Gasteiger partial charge in [-0.3, -0.25) is 4.79 Å². The van der Waals surface area contributed by atoms with Crippen LogP contribution in [0.3, 0.4) is 0 Å². The minimum Gasteiger partial charge on any atom is -0.399 e. The van der Waals surface area contributed by atoms with Crippen molar-refractivity contribution in [3.8, 4) is 0 Å². The Morgan fingerprint density at radius 1 is 1.41 bits per heavy atom. The predicted octanol–water partition coefficient (Wildman–Crippen LogP) is 2.70. The number of hydrogen-bond acceptors (Lipinski definition) is 7. The van der Waals surface area contributed by atoms with Crippen LogP contribution in [-0.4, -0.2) is 43.2 Å². The Morgan fingerprint density at radius 3 is 2.96 bits per heavy atom. The summed E-state index contributed by atoms with van der Waals surface area (Å²) in [4.78, 5) is 24.9. The third-order valence-corrected chi connectivity index (χ3v) is 5.83. The molecule has 7 nitrogen and oxygen atoms in total. The summed E-state index contributed by atoms with van der Waals surface area (Å²) in [6.07, 6.45) is 1.50. The van der Waals surface area contributed by atoms with Gasteiger partial charge in [0.05, 0.1) is 11.5 Å². The molecular weight excluding hydrogens is 362 g/mol. The number of nitrogens with zero attached hydrogens (tertiary/aromatic N) is 3. The molecule has 0 fully saturated rings. The Kier molecular flexibility index (Phi) is 4.24. The van der Waals surface area contributed by atoms with Gasteiger partial charge in [0.25, 0.3) is 5.91 Å². The lowest BCUT2D eigenvalue weighted by Gasteiger charge is -2.38. The average Bonchev–Trinajstić information content (AvgIpc) is 3.06. The SMILES string of the molecule is CN(C)C(=O)c1cc2c(s1)COC1C=NC(Nc3cccc(N)c3)=N[C@@]21C. The molecule has 0 saturated carbocycles. The van der Waals surface area contributed by atoms with Crippen molar-refractivity contribution >= 4 is 40.8 Å². The van der Waals surface area contributed by atoms with Crippen LogP contribution < -0.4 is 11.1 Å². The van der Waals surface area contributed by atoms with Crippen LogP contribution in [0.5, 0.6) is 0 Å². The topological polar surface area (TPSA) is 92.3 Å². The highest BCUT2D eigenvalue weighted by Gasteiger charge is 2.44. The second-order valence-corrected chi connectivity index (χ2v) is 8.13. The Morgan fingerprint density at radius 2 is 2.22 bits per heavy atom. The maximum absolute atomic E-state index is 12.4. The lowest BCUT2D eigenvalue weighted by molar-refractivity contribution is 0.0242. The molecule has 0 radical (unpaired) electrons. The van der Waals surface area contributed by atoms with E-state index in [9.17, 15) is 4.79 Å². The first-order chi connectivity index (χ1) is 12.9. The predicted molar refractivity (Wildman–Crippen MR) is 109 cm³/mol. The normalized spacial score (nSPS) is 23.2. The van der Waals surface area contributed by atoms with Crippen molar-refractivity contribution in [1.82, 2.24) is 4.90 Å². The molecule has 8 heteroatoms. The van der Waals surface area contributed by atoms with Gasteiger partial charge in [0.15, 0.2) is 0 Å². The molecule has 2 atom stereocenters. The molecule has 0 bridgehead atoms. The van der Waals surface area contributed by atoms with Gasteiger partial charge in [-0.25, -0.2) is 9.98 Å². The van der Waals surface area contributed by atoms with Crippen LogP contribution in [0, 0.1) is 0 Å². The summed E-state index contributed by atoms with van der Waals surface area (Å²) in [7, 11) is 3.50. The van der Waals surface area contributed by atoms with E-state index in [1.54, 1.807) is 25.2 Å². The van der Waals surface area contributed by atoms with Crippen molar-refractivity contribution in [3.63, 3.8) is 0 Å². The largest absolute Gasteiger partial charge is 0.399 e. The minimum absolute atomic E-state index is 0.0129. The zero-order valence-electron chi connectivity index (χ0n) is 15.4. The quantitative estimate of drug-likeness (QED) is 0.780. The second-order valence-electron chi connectivity index (χ2n) is 6.99. The van der Waals surface area contributed by atoms with Crippen LogP contribution in [0.1, 0.15) is 27.0 Å². The lowest BCUT2D eigenvalue weighted by Crippen LogP contribution is -2.45. The van der Waals surface area contributed by atoms with Crippen LogP contribution >= 0.6 is 11.3 Å². The van der Waals surface area contributed by atoms with Crippen molar-refractivity contribution in [2.45, 2.75) is 25.2 Å².